The topological polar surface area (TPSA) is 71.5 Å². The number of hydrogen-bond donors (Lipinski definition) is 2. The third-order valence-electron chi connectivity index (χ3n) is 4.17. The lowest BCUT2D eigenvalue weighted by molar-refractivity contribution is 0.355. The van der Waals surface area contributed by atoms with Gasteiger partial charge in [-0.2, -0.15) is 5.10 Å². The molecule has 2 aromatic carbocycles. The zero-order valence-electron chi connectivity index (χ0n) is 14.9. The van der Waals surface area contributed by atoms with Gasteiger partial charge in [0.05, 0.1) is 26.1 Å². The van der Waals surface area contributed by atoms with Crippen LogP contribution in [0.4, 0.5) is 5.13 Å². The number of nitrogens with one attached hydrogen (secondary N) is 2. The number of nitrogens with zero attached hydrogens (tertiary/aromatic N) is 2. The molecule has 0 aliphatic heterocycles. The van der Waals surface area contributed by atoms with Gasteiger partial charge in [0.1, 0.15) is 0 Å². The fourth-order valence-electron chi connectivity index (χ4n) is 2.81. The molecule has 2 aromatic heterocycles. The lowest BCUT2D eigenvalue weighted by Crippen LogP contribution is -1.91. The van der Waals surface area contributed by atoms with Crippen molar-refractivity contribution in [3.63, 3.8) is 0 Å². The average molecular weight is 378 g/mol. The molecule has 7 heteroatoms. The van der Waals surface area contributed by atoms with E-state index in [1.165, 1.54) is 11.3 Å². The second-order valence-electron chi connectivity index (χ2n) is 5.77. The Labute approximate surface area is 160 Å². The van der Waals surface area contributed by atoms with E-state index in [4.69, 9.17) is 9.47 Å². The van der Waals surface area contributed by atoms with Crippen molar-refractivity contribution in [1.82, 2.24) is 9.97 Å². The number of thiazole rings is 1. The number of aromatic amines is 1. The minimum atomic E-state index is 0.676. The highest BCUT2D eigenvalue weighted by Crippen LogP contribution is 2.33. The first kappa shape index (κ1) is 17.1. The molecule has 2 heterocycles. The molecule has 0 unspecified atom stereocenters. The first-order chi connectivity index (χ1) is 13.3. The predicted octanol–water partition coefficient (Wildman–Crippen LogP) is 4.75. The summed E-state index contributed by atoms with van der Waals surface area (Å²) in [5.41, 5.74) is 6.91. The van der Waals surface area contributed by atoms with E-state index in [2.05, 4.69) is 26.6 Å². The van der Waals surface area contributed by atoms with E-state index in [0.717, 1.165) is 32.9 Å². The molecule has 0 radical (unpaired) electrons. The first-order valence-corrected chi connectivity index (χ1v) is 9.19. The Balaban J connectivity index is 1.50. The molecule has 4 rings (SSSR count). The summed E-state index contributed by atoms with van der Waals surface area (Å²) in [7, 11) is 3.24. The molecular formula is C20H18N4O2S. The molecule has 0 amide bonds. The SMILES string of the molecule is COc1ccc(-c2csc(N/N=C\c3c[nH]c4ccccc34)n2)cc1OC. The monoisotopic (exact) mass is 378 g/mol. The molecule has 6 nitrogen and oxygen atoms in total. The van der Waals surface area contributed by atoms with E-state index < -0.39 is 0 Å². The molecule has 0 bridgehead atoms. The molecule has 27 heavy (non-hydrogen) atoms. The van der Waals surface area contributed by atoms with Crippen LogP contribution in [0.25, 0.3) is 22.2 Å². The van der Waals surface area contributed by atoms with Crippen molar-refractivity contribution in [1.29, 1.82) is 0 Å². The van der Waals surface area contributed by atoms with Gasteiger partial charge in [0.25, 0.3) is 0 Å². The van der Waals surface area contributed by atoms with E-state index in [1.54, 1.807) is 20.4 Å². The van der Waals surface area contributed by atoms with Gasteiger partial charge in [0, 0.05) is 33.6 Å². The van der Waals surface area contributed by atoms with E-state index in [1.807, 2.05) is 48.0 Å². The number of anilines is 1. The van der Waals surface area contributed by atoms with Crippen LogP contribution in [-0.4, -0.2) is 30.4 Å². The predicted molar refractivity (Wildman–Crippen MR) is 110 cm³/mol. The summed E-state index contributed by atoms with van der Waals surface area (Å²) in [5.74, 6) is 1.37. The molecule has 0 aliphatic carbocycles. The number of para-hydroxylation sites is 1. The number of hydrazone groups is 1. The van der Waals surface area contributed by atoms with Crippen LogP contribution < -0.4 is 14.9 Å². The number of fused-ring (bicyclic) bond motifs is 1. The van der Waals surface area contributed by atoms with Gasteiger partial charge in [-0.1, -0.05) is 18.2 Å². The first-order valence-electron chi connectivity index (χ1n) is 8.31. The quantitative estimate of drug-likeness (QED) is 0.375. The number of ether oxygens (including phenoxy) is 2. The molecule has 0 fully saturated rings. The zero-order valence-corrected chi connectivity index (χ0v) is 15.7. The normalized spacial score (nSPS) is 11.2. The molecule has 0 saturated heterocycles. The van der Waals surface area contributed by atoms with Gasteiger partial charge in [-0.15, -0.1) is 11.3 Å². The van der Waals surface area contributed by atoms with Gasteiger partial charge in [-0.05, 0) is 24.3 Å². The Morgan fingerprint density at radius 2 is 1.96 bits per heavy atom. The van der Waals surface area contributed by atoms with E-state index in [0.29, 0.717) is 11.5 Å². The van der Waals surface area contributed by atoms with Gasteiger partial charge in [-0.25, -0.2) is 4.98 Å². The Hall–Kier alpha value is -3.32. The summed E-state index contributed by atoms with van der Waals surface area (Å²) < 4.78 is 10.6. The highest BCUT2D eigenvalue weighted by atomic mass is 32.1. The Morgan fingerprint density at radius 1 is 1.11 bits per heavy atom. The van der Waals surface area contributed by atoms with Crippen molar-refractivity contribution in [2.24, 2.45) is 5.10 Å². The molecule has 4 aromatic rings. The largest absolute Gasteiger partial charge is 0.493 e. The van der Waals surface area contributed by atoms with Crippen LogP contribution in [0.2, 0.25) is 0 Å². The number of methoxy groups -OCH3 is 2. The Kier molecular flexibility index (Phi) is 4.76. The van der Waals surface area contributed by atoms with Crippen LogP contribution in [0.5, 0.6) is 11.5 Å². The number of aromatic nitrogens is 2. The van der Waals surface area contributed by atoms with Crippen LogP contribution in [0.3, 0.4) is 0 Å². The Bertz CT molecular complexity index is 1100. The van der Waals surface area contributed by atoms with Crippen molar-refractivity contribution in [3.8, 4) is 22.8 Å². The molecule has 0 spiro atoms. The van der Waals surface area contributed by atoms with Crippen LogP contribution in [0.1, 0.15) is 5.56 Å². The van der Waals surface area contributed by atoms with Crippen LogP contribution in [-0.2, 0) is 0 Å². The Morgan fingerprint density at radius 3 is 2.81 bits per heavy atom. The van der Waals surface area contributed by atoms with Crippen molar-refractivity contribution >= 4 is 33.6 Å². The van der Waals surface area contributed by atoms with E-state index >= 15 is 0 Å². The van der Waals surface area contributed by atoms with Gasteiger partial charge in [0.2, 0.25) is 5.13 Å². The second kappa shape index (κ2) is 7.51. The van der Waals surface area contributed by atoms with Crippen molar-refractivity contribution < 1.29 is 9.47 Å². The number of benzene rings is 2. The van der Waals surface area contributed by atoms with Crippen LogP contribution in [0.15, 0.2) is 59.1 Å². The number of H-pyrrole nitrogens is 1. The summed E-state index contributed by atoms with van der Waals surface area (Å²) >= 11 is 1.49. The van der Waals surface area contributed by atoms with Gasteiger partial charge < -0.3 is 14.5 Å². The van der Waals surface area contributed by atoms with Gasteiger partial charge in [0.15, 0.2) is 11.5 Å². The summed E-state index contributed by atoms with van der Waals surface area (Å²) in [6.45, 7) is 0. The van der Waals surface area contributed by atoms with Gasteiger partial charge >= 0.3 is 0 Å². The molecule has 0 atom stereocenters. The summed E-state index contributed by atoms with van der Waals surface area (Å²) in [6, 6.07) is 13.8. The fourth-order valence-corrected chi connectivity index (χ4v) is 3.48. The maximum Gasteiger partial charge on any atom is 0.203 e. The summed E-state index contributed by atoms with van der Waals surface area (Å²) in [4.78, 5) is 7.81. The third kappa shape index (κ3) is 3.50. The van der Waals surface area contributed by atoms with Gasteiger partial charge in [-0.3, -0.25) is 5.43 Å². The van der Waals surface area contributed by atoms with Crippen molar-refractivity contribution in [3.05, 3.63) is 59.6 Å². The van der Waals surface area contributed by atoms with Crippen LogP contribution in [0, 0.1) is 0 Å². The highest BCUT2D eigenvalue weighted by Gasteiger charge is 2.09. The number of rotatable bonds is 6. The van der Waals surface area contributed by atoms with Crippen LogP contribution >= 0.6 is 11.3 Å². The highest BCUT2D eigenvalue weighted by molar-refractivity contribution is 7.14. The minimum Gasteiger partial charge on any atom is -0.493 e. The summed E-state index contributed by atoms with van der Waals surface area (Å²) in [6.07, 6.45) is 3.73. The minimum absolute atomic E-state index is 0.676. The van der Waals surface area contributed by atoms with Crippen molar-refractivity contribution in [2.45, 2.75) is 0 Å². The molecular weight excluding hydrogens is 360 g/mol. The molecule has 0 aliphatic rings. The van der Waals surface area contributed by atoms with E-state index in [9.17, 15) is 0 Å². The lowest BCUT2D eigenvalue weighted by atomic mass is 10.1. The molecule has 0 saturated carbocycles. The third-order valence-corrected chi connectivity index (χ3v) is 4.92. The van der Waals surface area contributed by atoms with Crippen molar-refractivity contribution in [2.75, 3.05) is 19.6 Å². The van der Waals surface area contributed by atoms with E-state index in [-0.39, 0.29) is 0 Å². The lowest BCUT2D eigenvalue weighted by Gasteiger charge is -2.08. The fraction of sp³-hybridized carbons (Fsp3) is 0.100. The maximum absolute atomic E-state index is 5.36. The zero-order chi connectivity index (χ0) is 18.6. The number of hydrogen-bond acceptors (Lipinski definition) is 6. The average Bonchev–Trinajstić information content (AvgIpc) is 3.35. The standard InChI is InChI=1S/C20H18N4O2S/c1-25-18-8-7-13(9-19(18)26-2)17-12-27-20(23-17)24-22-11-14-10-21-16-6-4-3-5-15(14)16/h3-12,21H,1-2H3,(H,23,24)/b22-11-. The second-order valence-corrected chi connectivity index (χ2v) is 6.63. The maximum atomic E-state index is 5.36. The summed E-state index contributed by atoms with van der Waals surface area (Å²) in [5, 5.41) is 8.14. The smallest absolute Gasteiger partial charge is 0.203 e. The molecule has 136 valence electrons. The molecule has 2 N–H and O–H groups in total.